The monoisotopic (exact) mass is 359 g/mol. The Labute approximate surface area is 150 Å². The lowest BCUT2D eigenvalue weighted by Crippen LogP contribution is -2.48. The number of nitro benzene ring substituents is 1. The Morgan fingerprint density at radius 2 is 1.84 bits per heavy atom. The minimum Gasteiger partial charge on any atom is -0.368 e. The maximum atomic E-state index is 12.6. The number of benzene rings is 2. The van der Waals surface area contributed by atoms with E-state index < -0.39 is 4.92 Å². The summed E-state index contributed by atoms with van der Waals surface area (Å²) in [6.07, 6.45) is 0. The number of anilines is 1. The van der Waals surface area contributed by atoms with Gasteiger partial charge in [0, 0.05) is 43.5 Å². The zero-order chi connectivity index (χ0) is 18.0. The number of carbonyl (C=O) groups excluding carboxylic acids is 1. The van der Waals surface area contributed by atoms with Crippen molar-refractivity contribution in [3.05, 3.63) is 68.7 Å². The lowest BCUT2D eigenvalue weighted by atomic mass is 10.1. The van der Waals surface area contributed by atoms with E-state index in [1.54, 1.807) is 4.90 Å². The van der Waals surface area contributed by atoms with E-state index >= 15 is 0 Å². The molecule has 0 spiro atoms. The number of halogens is 1. The van der Waals surface area contributed by atoms with Crippen LogP contribution in [0.5, 0.6) is 0 Å². The predicted octanol–water partition coefficient (Wildman–Crippen LogP) is 3.52. The van der Waals surface area contributed by atoms with Crippen LogP contribution in [0.4, 0.5) is 11.4 Å². The summed E-state index contributed by atoms with van der Waals surface area (Å²) in [6.45, 7) is 4.65. The number of amides is 1. The van der Waals surface area contributed by atoms with Crippen molar-refractivity contribution in [3.8, 4) is 0 Å². The van der Waals surface area contributed by atoms with Crippen LogP contribution >= 0.6 is 11.6 Å². The topological polar surface area (TPSA) is 66.7 Å². The molecule has 0 radical (unpaired) electrons. The standard InChI is InChI=1S/C18H18ClN3O3/c1-13-3-2-4-15(11-13)20-7-9-21(10-8-20)18(23)14-5-6-16(19)17(12-14)22(24)25/h2-6,11-12H,7-10H2,1H3. The van der Waals surface area contributed by atoms with Gasteiger partial charge >= 0.3 is 0 Å². The quantitative estimate of drug-likeness (QED) is 0.621. The van der Waals surface area contributed by atoms with Crippen LogP contribution in [0, 0.1) is 17.0 Å². The van der Waals surface area contributed by atoms with Gasteiger partial charge in [-0.05, 0) is 36.8 Å². The number of nitro groups is 1. The first-order valence-corrected chi connectivity index (χ1v) is 8.38. The molecule has 0 saturated carbocycles. The second kappa shape index (κ2) is 7.11. The van der Waals surface area contributed by atoms with Crippen LogP contribution in [0.25, 0.3) is 0 Å². The fraction of sp³-hybridized carbons (Fsp3) is 0.278. The first kappa shape index (κ1) is 17.2. The fourth-order valence-electron chi connectivity index (χ4n) is 2.96. The van der Waals surface area contributed by atoms with E-state index in [0.29, 0.717) is 18.7 Å². The molecule has 25 heavy (non-hydrogen) atoms. The van der Waals surface area contributed by atoms with Gasteiger partial charge in [-0.1, -0.05) is 23.7 Å². The summed E-state index contributed by atoms with van der Waals surface area (Å²) >= 11 is 5.81. The minimum atomic E-state index is -0.575. The Kier molecular flexibility index (Phi) is 4.90. The third-order valence-electron chi connectivity index (χ3n) is 4.32. The molecule has 0 aliphatic carbocycles. The molecule has 3 rings (SSSR count). The highest BCUT2D eigenvalue weighted by Gasteiger charge is 2.24. The van der Waals surface area contributed by atoms with Crippen molar-refractivity contribution in [2.75, 3.05) is 31.1 Å². The molecular weight excluding hydrogens is 342 g/mol. The first-order valence-electron chi connectivity index (χ1n) is 8.00. The summed E-state index contributed by atoms with van der Waals surface area (Å²) in [5.74, 6) is -0.205. The molecule has 0 aromatic heterocycles. The van der Waals surface area contributed by atoms with Crippen LogP contribution in [0.3, 0.4) is 0 Å². The van der Waals surface area contributed by atoms with Gasteiger partial charge in [-0.3, -0.25) is 14.9 Å². The van der Waals surface area contributed by atoms with Crippen molar-refractivity contribution in [2.24, 2.45) is 0 Å². The van der Waals surface area contributed by atoms with Crippen molar-refractivity contribution in [1.29, 1.82) is 0 Å². The molecule has 0 atom stereocenters. The van der Waals surface area contributed by atoms with E-state index in [4.69, 9.17) is 11.6 Å². The van der Waals surface area contributed by atoms with Crippen molar-refractivity contribution in [3.63, 3.8) is 0 Å². The lowest BCUT2D eigenvalue weighted by molar-refractivity contribution is -0.384. The van der Waals surface area contributed by atoms with Gasteiger partial charge in [-0.15, -0.1) is 0 Å². The summed E-state index contributed by atoms with van der Waals surface area (Å²) < 4.78 is 0. The molecule has 0 unspecified atom stereocenters. The van der Waals surface area contributed by atoms with Crippen LogP contribution in [-0.4, -0.2) is 41.9 Å². The zero-order valence-electron chi connectivity index (χ0n) is 13.8. The number of nitrogens with zero attached hydrogens (tertiary/aromatic N) is 3. The molecule has 0 N–H and O–H groups in total. The zero-order valence-corrected chi connectivity index (χ0v) is 14.6. The molecule has 130 valence electrons. The van der Waals surface area contributed by atoms with E-state index in [2.05, 4.69) is 30.0 Å². The van der Waals surface area contributed by atoms with E-state index in [9.17, 15) is 14.9 Å². The minimum absolute atomic E-state index is 0.0332. The Morgan fingerprint density at radius 3 is 2.48 bits per heavy atom. The van der Waals surface area contributed by atoms with Gasteiger partial charge in [-0.2, -0.15) is 0 Å². The van der Waals surface area contributed by atoms with Gasteiger partial charge in [0.25, 0.3) is 11.6 Å². The molecule has 1 heterocycles. The molecular formula is C18H18ClN3O3. The van der Waals surface area contributed by atoms with E-state index in [0.717, 1.165) is 18.8 Å². The summed E-state index contributed by atoms with van der Waals surface area (Å²) in [5, 5.41) is 11.0. The van der Waals surface area contributed by atoms with Gasteiger partial charge in [0.05, 0.1) is 4.92 Å². The lowest BCUT2D eigenvalue weighted by Gasteiger charge is -2.36. The highest BCUT2D eigenvalue weighted by molar-refractivity contribution is 6.32. The van der Waals surface area contributed by atoms with E-state index in [-0.39, 0.29) is 16.6 Å². The fourth-order valence-corrected chi connectivity index (χ4v) is 3.15. The summed E-state index contributed by atoms with van der Waals surface area (Å²) in [6, 6.07) is 12.4. The van der Waals surface area contributed by atoms with Gasteiger partial charge in [0.2, 0.25) is 0 Å². The number of piperazine rings is 1. The number of carbonyl (C=O) groups is 1. The Bertz CT molecular complexity index is 817. The molecule has 1 fully saturated rings. The average Bonchev–Trinajstić information content (AvgIpc) is 2.61. The van der Waals surface area contributed by atoms with Gasteiger partial charge < -0.3 is 9.80 Å². The molecule has 1 saturated heterocycles. The molecule has 6 nitrogen and oxygen atoms in total. The number of hydrogen-bond acceptors (Lipinski definition) is 4. The smallest absolute Gasteiger partial charge is 0.288 e. The van der Waals surface area contributed by atoms with Crippen LogP contribution < -0.4 is 4.90 Å². The van der Waals surface area contributed by atoms with Crippen molar-refractivity contribution in [1.82, 2.24) is 4.90 Å². The largest absolute Gasteiger partial charge is 0.368 e. The molecule has 1 aliphatic rings. The normalized spacial score (nSPS) is 14.5. The van der Waals surface area contributed by atoms with Crippen LogP contribution in [0.2, 0.25) is 5.02 Å². The van der Waals surface area contributed by atoms with Gasteiger partial charge in [0.1, 0.15) is 5.02 Å². The molecule has 1 aliphatic heterocycles. The second-order valence-electron chi connectivity index (χ2n) is 6.04. The third-order valence-corrected chi connectivity index (χ3v) is 4.64. The first-order chi connectivity index (χ1) is 12.0. The van der Waals surface area contributed by atoms with Crippen molar-refractivity contribution < 1.29 is 9.72 Å². The van der Waals surface area contributed by atoms with E-state index in [1.165, 1.54) is 23.8 Å². The summed E-state index contributed by atoms with van der Waals surface area (Å²) in [4.78, 5) is 27.0. The molecule has 7 heteroatoms. The van der Waals surface area contributed by atoms with Crippen LogP contribution in [0.15, 0.2) is 42.5 Å². The number of rotatable bonds is 3. The molecule has 0 bridgehead atoms. The Hall–Kier alpha value is -2.60. The Balaban J connectivity index is 1.69. The van der Waals surface area contributed by atoms with Crippen LogP contribution in [-0.2, 0) is 0 Å². The SMILES string of the molecule is Cc1cccc(N2CCN(C(=O)c3ccc(Cl)c([N+](=O)[O-])c3)CC2)c1. The van der Waals surface area contributed by atoms with Crippen LogP contribution in [0.1, 0.15) is 15.9 Å². The van der Waals surface area contributed by atoms with Crippen molar-refractivity contribution in [2.45, 2.75) is 6.92 Å². The number of aryl methyl sites for hydroxylation is 1. The Morgan fingerprint density at radius 1 is 1.12 bits per heavy atom. The summed E-state index contributed by atoms with van der Waals surface area (Å²) in [5.41, 5.74) is 2.39. The van der Waals surface area contributed by atoms with Gasteiger partial charge in [0.15, 0.2) is 0 Å². The average molecular weight is 360 g/mol. The molecule has 1 amide bonds. The predicted molar refractivity (Wildman–Crippen MR) is 97.4 cm³/mol. The molecule has 2 aromatic rings. The second-order valence-corrected chi connectivity index (χ2v) is 6.45. The highest BCUT2D eigenvalue weighted by Crippen LogP contribution is 2.26. The highest BCUT2D eigenvalue weighted by atomic mass is 35.5. The van der Waals surface area contributed by atoms with E-state index in [1.807, 2.05) is 6.07 Å². The maximum Gasteiger partial charge on any atom is 0.288 e. The molecule has 2 aromatic carbocycles. The van der Waals surface area contributed by atoms with Crippen molar-refractivity contribution >= 4 is 28.9 Å². The van der Waals surface area contributed by atoms with Gasteiger partial charge in [-0.25, -0.2) is 0 Å². The number of hydrogen-bond donors (Lipinski definition) is 0. The maximum absolute atomic E-state index is 12.6. The summed E-state index contributed by atoms with van der Waals surface area (Å²) in [7, 11) is 0. The third kappa shape index (κ3) is 3.74.